The van der Waals surface area contributed by atoms with E-state index in [4.69, 9.17) is 0 Å². The molecule has 1 aromatic rings. The van der Waals surface area contributed by atoms with Gasteiger partial charge in [0.2, 0.25) is 0 Å². The van der Waals surface area contributed by atoms with E-state index in [0.29, 0.717) is 0 Å². The zero-order chi connectivity index (χ0) is 16.8. The largest absolute Gasteiger partial charge is 1.00 e. The van der Waals surface area contributed by atoms with Crippen LogP contribution in [0.2, 0.25) is 0 Å². The summed E-state index contributed by atoms with van der Waals surface area (Å²) in [6.07, 6.45) is 5.02. The molecule has 0 bridgehead atoms. The van der Waals surface area contributed by atoms with Crippen LogP contribution in [0.15, 0.2) is 49.8 Å². The Morgan fingerprint density at radius 1 is 1.00 bits per heavy atom. The molecule has 2 aliphatic carbocycles. The molecule has 3 rings (SSSR count). The summed E-state index contributed by atoms with van der Waals surface area (Å²) in [6, 6.07) is 9.10. The summed E-state index contributed by atoms with van der Waals surface area (Å²) in [6.45, 7) is 14.2. The first kappa shape index (κ1) is 23.3. The van der Waals surface area contributed by atoms with Crippen LogP contribution >= 0.6 is 0 Å². The molecule has 134 valence electrons. The van der Waals surface area contributed by atoms with Crippen LogP contribution in [0.5, 0.6) is 0 Å². The first-order valence-electron chi connectivity index (χ1n) is 8.83. The van der Waals surface area contributed by atoms with Crippen LogP contribution in [0.1, 0.15) is 69.1 Å². The van der Waals surface area contributed by atoms with Gasteiger partial charge in [-0.15, -0.1) is 0 Å². The molecule has 0 nitrogen and oxygen atoms in total. The van der Waals surface area contributed by atoms with Crippen molar-refractivity contribution >= 4 is 6.08 Å². The molecule has 0 saturated heterocycles. The minimum absolute atomic E-state index is 0. The number of hydrogen-bond acceptors (Lipinski definition) is 0. The van der Waals surface area contributed by atoms with E-state index in [2.05, 4.69) is 71.9 Å². The average Bonchev–Trinajstić information content (AvgIpc) is 2.93. The predicted octanol–water partition coefficient (Wildman–Crippen LogP) is 0.666. The second-order valence-corrected chi connectivity index (χ2v) is 10.9. The van der Waals surface area contributed by atoms with Crippen LogP contribution in [0.4, 0.5) is 0 Å². The van der Waals surface area contributed by atoms with Crippen molar-refractivity contribution in [3.05, 3.63) is 61.0 Å². The van der Waals surface area contributed by atoms with Gasteiger partial charge in [0.05, 0.1) is 0 Å². The molecular weight excluding hydrogens is 515 g/mol. The van der Waals surface area contributed by atoms with E-state index in [-0.39, 0.29) is 39.4 Å². The fraction of sp³-hybridized carbons (Fsp3) is 0.455. The monoisotopic (exact) mass is 540 g/mol. The predicted molar refractivity (Wildman–Crippen MR) is 96.9 cm³/mol. The van der Waals surface area contributed by atoms with E-state index in [1.807, 2.05) is 3.28 Å². The molecule has 1 unspecified atom stereocenters. The maximum absolute atomic E-state index is 2.50. The average molecular weight is 543 g/mol. The number of rotatable bonds is 4. The maximum atomic E-state index is 2.50. The molecule has 0 radical (unpaired) electrons. The van der Waals surface area contributed by atoms with Gasteiger partial charge in [-0.3, -0.25) is 0 Å². The summed E-state index contributed by atoms with van der Waals surface area (Å²) < 4.78 is 2.57. The number of fused-ring (bicyclic) bond motifs is 1. The van der Waals surface area contributed by atoms with E-state index in [9.17, 15) is 0 Å². The molecule has 0 amide bonds. The summed E-state index contributed by atoms with van der Waals surface area (Å²) in [5, 5.41) is 0. The third kappa shape index (κ3) is 4.09. The molecule has 0 spiro atoms. The first-order valence-corrected chi connectivity index (χ1v) is 11.5. The molecular formula is C22H28Br2Zr. The van der Waals surface area contributed by atoms with Gasteiger partial charge in [-0.25, -0.2) is 0 Å². The Bertz CT molecular complexity index is 738. The van der Waals surface area contributed by atoms with E-state index in [0.717, 1.165) is 3.63 Å². The third-order valence-corrected chi connectivity index (χ3v) is 11.5. The summed E-state index contributed by atoms with van der Waals surface area (Å²) in [5.74, 6) is 0. The molecule has 25 heavy (non-hydrogen) atoms. The topological polar surface area (TPSA) is 0 Å². The van der Waals surface area contributed by atoms with Crippen molar-refractivity contribution in [1.29, 1.82) is 0 Å². The zero-order valence-electron chi connectivity index (χ0n) is 16.1. The van der Waals surface area contributed by atoms with Crippen molar-refractivity contribution in [2.45, 2.75) is 58.0 Å². The number of allylic oxidation sites excluding steroid dienone is 5. The quantitative estimate of drug-likeness (QED) is 0.524. The maximum Gasteiger partial charge on any atom is -1.00 e. The Kier molecular flexibility index (Phi) is 8.38. The van der Waals surface area contributed by atoms with Gasteiger partial charge in [-0.05, 0) is 0 Å². The van der Waals surface area contributed by atoms with Crippen LogP contribution in [0, 0.1) is 5.41 Å². The Morgan fingerprint density at radius 2 is 1.64 bits per heavy atom. The van der Waals surface area contributed by atoms with Crippen molar-refractivity contribution in [1.82, 2.24) is 0 Å². The van der Waals surface area contributed by atoms with E-state index in [1.54, 1.807) is 27.9 Å². The van der Waals surface area contributed by atoms with Gasteiger partial charge in [-0.1, -0.05) is 0 Å². The van der Waals surface area contributed by atoms with Crippen LogP contribution in [0.25, 0.3) is 6.08 Å². The number of benzene rings is 1. The van der Waals surface area contributed by atoms with Crippen LogP contribution in [-0.4, -0.2) is 0 Å². The number of halogens is 2. The summed E-state index contributed by atoms with van der Waals surface area (Å²) in [7, 11) is 0. The Balaban J connectivity index is 0.00000156. The van der Waals surface area contributed by atoms with Gasteiger partial charge in [0.1, 0.15) is 0 Å². The second-order valence-electron chi connectivity index (χ2n) is 7.55. The molecule has 0 saturated carbocycles. The van der Waals surface area contributed by atoms with Crippen LogP contribution in [-0.2, 0) is 23.2 Å². The molecule has 0 heterocycles. The molecule has 1 atom stereocenters. The zero-order valence-corrected chi connectivity index (χ0v) is 21.8. The van der Waals surface area contributed by atoms with Gasteiger partial charge in [-0.2, -0.15) is 0 Å². The van der Waals surface area contributed by atoms with Gasteiger partial charge in [0.15, 0.2) is 0 Å². The Labute approximate surface area is 186 Å². The Hall–Kier alpha value is 0.283. The SMILES string of the molecule is CCCC1=Cc2ccccc2[CH]1[Zr+2][C]1=C(C)C(C)=C(C)C1(C)C.[Br-].[Br-]. The smallest absolute Gasteiger partial charge is 1.00 e. The molecule has 0 fully saturated rings. The van der Waals surface area contributed by atoms with Gasteiger partial charge in [0.25, 0.3) is 0 Å². The minimum Gasteiger partial charge on any atom is -1.00 e. The second kappa shape index (κ2) is 8.98. The van der Waals surface area contributed by atoms with Gasteiger partial charge >= 0.3 is 154 Å². The van der Waals surface area contributed by atoms with Crippen LogP contribution in [0.3, 0.4) is 0 Å². The van der Waals surface area contributed by atoms with Crippen molar-refractivity contribution in [2.75, 3.05) is 0 Å². The normalized spacial score (nSPS) is 20.6. The van der Waals surface area contributed by atoms with Crippen LogP contribution < -0.4 is 34.0 Å². The van der Waals surface area contributed by atoms with E-state index in [1.165, 1.54) is 18.4 Å². The number of hydrogen-bond donors (Lipinski definition) is 0. The molecule has 0 N–H and O–H groups in total. The summed E-state index contributed by atoms with van der Waals surface area (Å²) in [4.78, 5) is 0. The summed E-state index contributed by atoms with van der Waals surface area (Å²) >= 11 is -0.702. The fourth-order valence-corrected chi connectivity index (χ4v) is 9.18. The third-order valence-electron chi connectivity index (χ3n) is 5.91. The van der Waals surface area contributed by atoms with Gasteiger partial charge < -0.3 is 34.0 Å². The molecule has 2 aliphatic rings. The van der Waals surface area contributed by atoms with Gasteiger partial charge in [0, 0.05) is 0 Å². The fourth-order valence-electron chi connectivity index (χ4n) is 4.09. The Morgan fingerprint density at radius 3 is 2.20 bits per heavy atom. The van der Waals surface area contributed by atoms with Crippen molar-refractivity contribution < 1.29 is 57.2 Å². The molecule has 0 aromatic heterocycles. The molecule has 3 heteroatoms. The molecule has 0 aliphatic heterocycles. The molecule has 1 aromatic carbocycles. The first-order chi connectivity index (χ1) is 10.9. The van der Waals surface area contributed by atoms with E-state index < -0.39 is 23.2 Å². The standard InChI is InChI=1S/C12H13.C10H15.2BrH.Zr/c1-2-5-10-8-11-6-3-4-7-12(11)9-10;1-7-6-10(4,5)9(3)8(7)2;;;/h3-4,6-9H,2,5H2,1H3;1-5H3;2*1H;/q;;;;+2/p-2. The van der Waals surface area contributed by atoms with E-state index >= 15 is 0 Å². The summed E-state index contributed by atoms with van der Waals surface area (Å²) in [5.41, 5.74) is 9.85. The van der Waals surface area contributed by atoms with Crippen molar-refractivity contribution in [3.8, 4) is 0 Å². The minimum atomic E-state index is -0.702. The van der Waals surface area contributed by atoms with Crippen molar-refractivity contribution in [2.24, 2.45) is 5.41 Å². The van der Waals surface area contributed by atoms with Crippen molar-refractivity contribution in [3.63, 3.8) is 0 Å².